The molecule has 0 saturated carbocycles. The molecule has 38 heavy (non-hydrogen) atoms. The lowest BCUT2D eigenvalue weighted by molar-refractivity contribution is -0.113. The Bertz CT molecular complexity index is 1690. The van der Waals surface area contributed by atoms with Gasteiger partial charge in [-0.3, -0.25) is 9.36 Å². The third-order valence-corrected chi connectivity index (χ3v) is 5.93. The third kappa shape index (κ3) is 4.63. The molecule has 0 unspecified atom stereocenters. The zero-order chi connectivity index (χ0) is 26.6. The number of aromatic nitrogens is 4. The molecule has 0 saturated heterocycles. The van der Waals surface area contributed by atoms with E-state index in [1.165, 1.54) is 26.4 Å². The topological polar surface area (TPSA) is 134 Å². The first-order valence-electron chi connectivity index (χ1n) is 11.8. The number of likely N-dealkylation sites (N-methyl/N-ethyl adjacent to an activating group) is 1. The molecule has 5 aromatic rings. The SMILES string of the molecule is CN(C(=O)/C=C/CN)c1cccc(-n2c(=O)n(-c3ccc(Oc4ccccc4)cc3)c3c(N)ncnc32)c1. The Hall–Kier alpha value is -5.22. The fourth-order valence-electron chi connectivity index (χ4n) is 4.06. The van der Waals surface area contributed by atoms with E-state index in [0.29, 0.717) is 39.7 Å². The average Bonchev–Trinajstić information content (AvgIpc) is 3.25. The van der Waals surface area contributed by atoms with Gasteiger partial charge in [-0.2, -0.15) is 0 Å². The number of rotatable bonds is 7. The monoisotopic (exact) mass is 507 g/mol. The molecule has 0 aliphatic rings. The summed E-state index contributed by atoms with van der Waals surface area (Å²) in [6, 6.07) is 23.5. The molecule has 4 N–H and O–H groups in total. The van der Waals surface area contributed by atoms with Gasteiger partial charge in [-0.15, -0.1) is 0 Å². The standard InChI is InChI=1S/C28H25N7O3/c1-33(24(36)11-6-16-29)20-7-5-8-21(17-20)35-27-25(26(30)31-18-32-27)34(28(35)37)19-12-14-23(15-13-19)38-22-9-3-2-4-10-22/h2-15,17-18H,16,29H2,1H3,(H2,30,31,32)/b11-6+. The van der Waals surface area contributed by atoms with Gasteiger partial charge in [0.2, 0.25) is 5.91 Å². The summed E-state index contributed by atoms with van der Waals surface area (Å²) in [5, 5.41) is 0. The van der Waals surface area contributed by atoms with Gasteiger partial charge in [0, 0.05) is 25.4 Å². The summed E-state index contributed by atoms with van der Waals surface area (Å²) in [7, 11) is 1.65. The second kappa shape index (κ2) is 10.4. The molecular weight excluding hydrogens is 482 g/mol. The number of nitrogens with zero attached hydrogens (tertiary/aromatic N) is 5. The molecule has 1 amide bonds. The summed E-state index contributed by atoms with van der Waals surface area (Å²) in [6.07, 6.45) is 4.30. The summed E-state index contributed by atoms with van der Waals surface area (Å²) >= 11 is 0. The van der Waals surface area contributed by atoms with Crippen LogP contribution in [0, 0.1) is 0 Å². The highest BCUT2D eigenvalue weighted by molar-refractivity contribution is 6.01. The van der Waals surface area contributed by atoms with Crippen LogP contribution < -0.4 is 26.8 Å². The van der Waals surface area contributed by atoms with Crippen LogP contribution in [0.3, 0.4) is 0 Å². The Balaban J connectivity index is 1.59. The molecule has 2 heterocycles. The van der Waals surface area contributed by atoms with Crippen molar-refractivity contribution in [3.05, 3.63) is 108 Å². The Morgan fingerprint density at radius 2 is 1.68 bits per heavy atom. The first kappa shape index (κ1) is 24.5. The van der Waals surface area contributed by atoms with Crippen LogP contribution in [0.1, 0.15) is 0 Å². The number of imidazole rings is 1. The predicted octanol–water partition coefficient (Wildman–Crippen LogP) is 3.42. The fraction of sp³-hybridized carbons (Fsp3) is 0.0714. The zero-order valence-corrected chi connectivity index (χ0v) is 20.6. The molecule has 0 radical (unpaired) electrons. The first-order valence-corrected chi connectivity index (χ1v) is 11.8. The molecule has 2 aromatic heterocycles. The third-order valence-electron chi connectivity index (χ3n) is 5.93. The van der Waals surface area contributed by atoms with Crippen molar-refractivity contribution in [2.45, 2.75) is 0 Å². The Morgan fingerprint density at radius 3 is 2.42 bits per heavy atom. The van der Waals surface area contributed by atoms with Gasteiger partial charge in [0.25, 0.3) is 0 Å². The number of benzene rings is 3. The molecule has 0 bridgehead atoms. The fourth-order valence-corrected chi connectivity index (χ4v) is 4.06. The van der Waals surface area contributed by atoms with Gasteiger partial charge in [0.05, 0.1) is 11.4 Å². The van der Waals surface area contributed by atoms with E-state index in [-0.39, 0.29) is 18.3 Å². The Kier molecular flexibility index (Phi) is 6.70. The van der Waals surface area contributed by atoms with E-state index in [4.69, 9.17) is 16.2 Å². The van der Waals surface area contributed by atoms with Crippen LogP contribution in [0.25, 0.3) is 22.5 Å². The number of nitrogens with two attached hydrogens (primary N) is 2. The normalized spacial score (nSPS) is 11.2. The van der Waals surface area contributed by atoms with E-state index in [2.05, 4.69) is 9.97 Å². The van der Waals surface area contributed by atoms with Crippen molar-refractivity contribution in [3.63, 3.8) is 0 Å². The number of hydrogen-bond acceptors (Lipinski definition) is 7. The largest absolute Gasteiger partial charge is 0.457 e. The molecule has 5 rings (SSSR count). The van der Waals surface area contributed by atoms with Crippen LogP contribution in [-0.4, -0.2) is 38.6 Å². The van der Waals surface area contributed by atoms with Crippen LogP contribution >= 0.6 is 0 Å². The van der Waals surface area contributed by atoms with E-state index >= 15 is 0 Å². The van der Waals surface area contributed by atoms with Gasteiger partial charge in [-0.05, 0) is 54.6 Å². The molecule has 3 aromatic carbocycles. The lowest BCUT2D eigenvalue weighted by atomic mass is 10.2. The van der Waals surface area contributed by atoms with E-state index in [1.807, 2.05) is 30.3 Å². The Morgan fingerprint density at radius 1 is 0.947 bits per heavy atom. The molecule has 0 atom stereocenters. The van der Waals surface area contributed by atoms with Gasteiger partial charge in [0.15, 0.2) is 11.5 Å². The minimum absolute atomic E-state index is 0.158. The number of anilines is 2. The average molecular weight is 508 g/mol. The van der Waals surface area contributed by atoms with Crippen molar-refractivity contribution in [2.24, 2.45) is 5.73 Å². The highest BCUT2D eigenvalue weighted by Crippen LogP contribution is 2.27. The van der Waals surface area contributed by atoms with Crippen molar-refractivity contribution in [2.75, 3.05) is 24.2 Å². The first-order chi connectivity index (χ1) is 18.5. The van der Waals surface area contributed by atoms with Gasteiger partial charge >= 0.3 is 5.69 Å². The van der Waals surface area contributed by atoms with Crippen molar-refractivity contribution in [1.82, 2.24) is 19.1 Å². The van der Waals surface area contributed by atoms with Crippen LogP contribution in [0.5, 0.6) is 11.5 Å². The second-order valence-corrected chi connectivity index (χ2v) is 8.35. The van der Waals surface area contributed by atoms with E-state index < -0.39 is 5.69 Å². The van der Waals surface area contributed by atoms with Crippen molar-refractivity contribution in [1.29, 1.82) is 0 Å². The van der Waals surface area contributed by atoms with Crippen LogP contribution in [0.4, 0.5) is 11.5 Å². The molecule has 190 valence electrons. The van der Waals surface area contributed by atoms with Gasteiger partial charge in [0.1, 0.15) is 23.3 Å². The number of carbonyl (C=O) groups is 1. The lowest BCUT2D eigenvalue weighted by Crippen LogP contribution is -2.25. The molecule has 0 fully saturated rings. The predicted molar refractivity (Wildman–Crippen MR) is 147 cm³/mol. The summed E-state index contributed by atoms with van der Waals surface area (Å²) in [4.78, 5) is 36.3. The summed E-state index contributed by atoms with van der Waals surface area (Å²) in [5.74, 6) is 1.23. The van der Waals surface area contributed by atoms with Crippen molar-refractivity contribution in [3.8, 4) is 22.9 Å². The van der Waals surface area contributed by atoms with Gasteiger partial charge in [-0.1, -0.05) is 30.3 Å². The number of fused-ring (bicyclic) bond motifs is 1. The number of amides is 1. The minimum atomic E-state index is -0.391. The van der Waals surface area contributed by atoms with Crippen LogP contribution in [0.15, 0.2) is 102 Å². The summed E-state index contributed by atoms with van der Waals surface area (Å²) in [5.41, 5.74) is 13.7. The van der Waals surface area contributed by atoms with E-state index in [9.17, 15) is 9.59 Å². The maximum atomic E-state index is 13.8. The Labute approximate surface area is 218 Å². The summed E-state index contributed by atoms with van der Waals surface area (Å²) in [6.45, 7) is 0.259. The molecular formula is C28H25N7O3. The highest BCUT2D eigenvalue weighted by atomic mass is 16.5. The molecule has 10 heteroatoms. The quantitative estimate of drug-likeness (QED) is 0.322. The number of ether oxygens (including phenoxy) is 1. The molecule has 10 nitrogen and oxygen atoms in total. The highest BCUT2D eigenvalue weighted by Gasteiger charge is 2.21. The molecule has 0 aliphatic heterocycles. The number of hydrogen-bond donors (Lipinski definition) is 2. The molecule has 0 aliphatic carbocycles. The number of nitrogen functional groups attached to an aromatic ring is 1. The summed E-state index contributed by atoms with van der Waals surface area (Å²) < 4.78 is 8.78. The minimum Gasteiger partial charge on any atom is -0.457 e. The number of para-hydroxylation sites is 1. The zero-order valence-electron chi connectivity index (χ0n) is 20.6. The number of carbonyl (C=O) groups excluding carboxylic acids is 1. The van der Waals surface area contributed by atoms with E-state index in [1.54, 1.807) is 61.7 Å². The lowest BCUT2D eigenvalue weighted by Gasteiger charge is -2.16. The van der Waals surface area contributed by atoms with Crippen LogP contribution in [-0.2, 0) is 4.79 Å². The maximum Gasteiger partial charge on any atom is 0.339 e. The van der Waals surface area contributed by atoms with Crippen molar-refractivity contribution >= 4 is 28.6 Å². The van der Waals surface area contributed by atoms with Crippen molar-refractivity contribution < 1.29 is 9.53 Å². The van der Waals surface area contributed by atoms with E-state index in [0.717, 1.165) is 0 Å². The second-order valence-electron chi connectivity index (χ2n) is 8.35. The van der Waals surface area contributed by atoms with Crippen LogP contribution in [0.2, 0.25) is 0 Å². The van der Waals surface area contributed by atoms with Gasteiger partial charge < -0.3 is 21.1 Å². The molecule has 0 spiro atoms. The maximum absolute atomic E-state index is 13.8. The van der Waals surface area contributed by atoms with Gasteiger partial charge in [-0.25, -0.2) is 19.3 Å². The smallest absolute Gasteiger partial charge is 0.339 e.